The monoisotopic (exact) mass is 392 g/mol. The Bertz CT molecular complexity index is 807. The summed E-state index contributed by atoms with van der Waals surface area (Å²) < 4.78 is 20.4. The zero-order valence-corrected chi connectivity index (χ0v) is 16.3. The Morgan fingerprint density at radius 1 is 1.14 bits per heavy atom. The molecule has 2 rings (SSSR count). The van der Waals surface area contributed by atoms with Crippen LogP contribution in [0.3, 0.4) is 0 Å². The maximum Gasteiger partial charge on any atom is 0.322 e. The van der Waals surface area contributed by atoms with Gasteiger partial charge in [-0.3, -0.25) is 4.79 Å². The number of urea groups is 1. The molecule has 0 aliphatic heterocycles. The van der Waals surface area contributed by atoms with E-state index >= 15 is 0 Å². The number of carbonyl (C=O) groups is 2. The van der Waals surface area contributed by atoms with Crippen molar-refractivity contribution in [3.8, 4) is 11.5 Å². The number of amides is 3. The summed E-state index contributed by atoms with van der Waals surface area (Å²) >= 11 is 0. The molecular weight excluding hydrogens is 368 g/mol. The molecule has 3 amide bonds. The SMILES string of the molecule is COCCN(CC(=O)Nc1cc(C)on1)C(=O)Nc1ccc(OC)cc1OC. The molecule has 0 spiro atoms. The lowest BCUT2D eigenvalue weighted by Gasteiger charge is -2.22. The maximum atomic E-state index is 12.7. The summed E-state index contributed by atoms with van der Waals surface area (Å²) in [6, 6.07) is 6.10. The van der Waals surface area contributed by atoms with Gasteiger partial charge in [0.05, 0.1) is 26.5 Å². The summed E-state index contributed by atoms with van der Waals surface area (Å²) in [5.74, 6) is 1.46. The van der Waals surface area contributed by atoms with Gasteiger partial charge in [-0.15, -0.1) is 0 Å². The van der Waals surface area contributed by atoms with Crippen LogP contribution in [-0.2, 0) is 9.53 Å². The first-order valence-electron chi connectivity index (χ1n) is 8.47. The number of hydrogen-bond donors (Lipinski definition) is 2. The second-order valence-corrected chi connectivity index (χ2v) is 5.78. The van der Waals surface area contributed by atoms with E-state index < -0.39 is 11.9 Å². The van der Waals surface area contributed by atoms with Gasteiger partial charge in [0.1, 0.15) is 23.8 Å². The van der Waals surface area contributed by atoms with Crippen LogP contribution in [0.1, 0.15) is 5.76 Å². The van der Waals surface area contributed by atoms with Crippen LogP contribution in [-0.4, -0.2) is 63.0 Å². The minimum absolute atomic E-state index is 0.195. The highest BCUT2D eigenvalue weighted by Crippen LogP contribution is 2.29. The van der Waals surface area contributed by atoms with Crippen molar-refractivity contribution in [1.29, 1.82) is 0 Å². The highest BCUT2D eigenvalue weighted by molar-refractivity contribution is 5.97. The second-order valence-electron chi connectivity index (χ2n) is 5.78. The number of ether oxygens (including phenoxy) is 3. The molecule has 10 heteroatoms. The molecule has 28 heavy (non-hydrogen) atoms. The zero-order chi connectivity index (χ0) is 20.5. The lowest BCUT2D eigenvalue weighted by molar-refractivity contribution is -0.116. The summed E-state index contributed by atoms with van der Waals surface area (Å²) in [6.45, 7) is 2.00. The molecule has 0 saturated carbocycles. The van der Waals surface area contributed by atoms with Crippen LogP contribution in [0.4, 0.5) is 16.3 Å². The first-order chi connectivity index (χ1) is 13.5. The Balaban J connectivity index is 2.06. The molecule has 1 aromatic heterocycles. The maximum absolute atomic E-state index is 12.7. The average molecular weight is 392 g/mol. The van der Waals surface area contributed by atoms with Gasteiger partial charge in [0.15, 0.2) is 5.82 Å². The summed E-state index contributed by atoms with van der Waals surface area (Å²) in [4.78, 5) is 26.3. The van der Waals surface area contributed by atoms with Crippen molar-refractivity contribution in [3.05, 3.63) is 30.0 Å². The Morgan fingerprint density at radius 2 is 1.93 bits per heavy atom. The van der Waals surface area contributed by atoms with Crippen molar-refractivity contribution >= 4 is 23.4 Å². The van der Waals surface area contributed by atoms with Crippen LogP contribution in [0.15, 0.2) is 28.8 Å². The minimum atomic E-state index is -0.480. The Morgan fingerprint density at radius 3 is 2.54 bits per heavy atom. The van der Waals surface area contributed by atoms with E-state index in [1.807, 2.05) is 0 Å². The molecule has 2 N–H and O–H groups in total. The van der Waals surface area contributed by atoms with Gasteiger partial charge in [0.25, 0.3) is 0 Å². The van der Waals surface area contributed by atoms with E-state index in [2.05, 4.69) is 15.8 Å². The van der Waals surface area contributed by atoms with Crippen LogP contribution >= 0.6 is 0 Å². The average Bonchev–Trinajstić information content (AvgIpc) is 3.09. The summed E-state index contributed by atoms with van der Waals surface area (Å²) in [7, 11) is 4.54. The number of anilines is 2. The van der Waals surface area contributed by atoms with Gasteiger partial charge >= 0.3 is 6.03 Å². The molecule has 0 radical (unpaired) electrons. The number of nitrogens with zero attached hydrogens (tertiary/aromatic N) is 2. The molecule has 0 atom stereocenters. The van der Waals surface area contributed by atoms with Gasteiger partial charge in [-0.1, -0.05) is 5.16 Å². The predicted molar refractivity (Wildman–Crippen MR) is 102 cm³/mol. The number of aryl methyl sites for hydroxylation is 1. The quantitative estimate of drug-likeness (QED) is 0.671. The summed E-state index contributed by atoms with van der Waals surface area (Å²) in [5, 5.41) is 9.01. The topological polar surface area (TPSA) is 115 Å². The van der Waals surface area contributed by atoms with Crippen molar-refractivity contribution in [3.63, 3.8) is 0 Å². The van der Waals surface area contributed by atoms with Crippen LogP contribution in [0.5, 0.6) is 11.5 Å². The molecule has 1 aromatic carbocycles. The van der Waals surface area contributed by atoms with Crippen LogP contribution < -0.4 is 20.1 Å². The molecule has 0 aliphatic carbocycles. The number of carbonyl (C=O) groups excluding carboxylic acids is 2. The zero-order valence-electron chi connectivity index (χ0n) is 16.3. The Hall–Kier alpha value is -3.27. The van der Waals surface area contributed by atoms with E-state index in [0.717, 1.165) is 0 Å². The molecule has 0 bridgehead atoms. The molecule has 0 fully saturated rings. The largest absolute Gasteiger partial charge is 0.497 e. The lowest BCUT2D eigenvalue weighted by atomic mass is 10.2. The highest BCUT2D eigenvalue weighted by atomic mass is 16.5. The van der Waals surface area contributed by atoms with Gasteiger partial charge in [-0.2, -0.15) is 0 Å². The van der Waals surface area contributed by atoms with Gasteiger partial charge in [-0.25, -0.2) is 4.79 Å². The molecule has 10 nitrogen and oxygen atoms in total. The fraction of sp³-hybridized carbons (Fsp3) is 0.389. The van der Waals surface area contributed by atoms with Gasteiger partial charge in [-0.05, 0) is 19.1 Å². The van der Waals surface area contributed by atoms with Gasteiger partial charge in [0, 0.05) is 25.8 Å². The summed E-state index contributed by atoms with van der Waals surface area (Å²) in [5.41, 5.74) is 0.447. The van der Waals surface area contributed by atoms with E-state index in [1.54, 1.807) is 31.2 Å². The van der Waals surface area contributed by atoms with Crippen molar-refractivity contribution < 1.29 is 28.3 Å². The number of hydrogen-bond acceptors (Lipinski definition) is 7. The number of nitrogens with one attached hydrogen (secondary N) is 2. The number of methoxy groups -OCH3 is 3. The molecular formula is C18H24N4O6. The fourth-order valence-corrected chi connectivity index (χ4v) is 2.33. The van der Waals surface area contributed by atoms with Crippen molar-refractivity contribution in [2.45, 2.75) is 6.92 Å². The predicted octanol–water partition coefficient (Wildman–Crippen LogP) is 2.12. The first kappa shape index (κ1) is 21.0. The Kier molecular flexibility index (Phi) is 7.64. The van der Waals surface area contributed by atoms with Crippen molar-refractivity contribution in [2.24, 2.45) is 0 Å². The summed E-state index contributed by atoms with van der Waals surface area (Å²) in [6.07, 6.45) is 0. The first-order valence-corrected chi connectivity index (χ1v) is 8.47. The fourth-order valence-electron chi connectivity index (χ4n) is 2.33. The number of rotatable bonds is 9. The number of benzene rings is 1. The van der Waals surface area contributed by atoms with E-state index in [-0.39, 0.29) is 25.5 Å². The van der Waals surface area contributed by atoms with Gasteiger partial charge < -0.3 is 34.3 Å². The van der Waals surface area contributed by atoms with Crippen LogP contribution in [0.2, 0.25) is 0 Å². The number of aromatic nitrogens is 1. The third-order valence-electron chi connectivity index (χ3n) is 3.73. The standard InChI is InChI=1S/C18H24N4O6/c1-12-9-16(21-28-12)20-17(23)11-22(7-8-25-2)18(24)19-14-6-5-13(26-3)10-15(14)27-4/h5-6,9-10H,7-8,11H2,1-4H3,(H,19,24)(H,20,21,23). The third-order valence-corrected chi connectivity index (χ3v) is 3.73. The van der Waals surface area contributed by atoms with Crippen molar-refractivity contribution in [1.82, 2.24) is 10.1 Å². The molecule has 2 aromatic rings. The molecule has 0 unspecified atom stereocenters. The smallest absolute Gasteiger partial charge is 0.322 e. The Labute approximate surface area is 162 Å². The third kappa shape index (κ3) is 5.88. The lowest BCUT2D eigenvalue weighted by Crippen LogP contribution is -2.42. The van der Waals surface area contributed by atoms with Crippen LogP contribution in [0.25, 0.3) is 0 Å². The molecule has 0 saturated heterocycles. The van der Waals surface area contributed by atoms with Gasteiger partial charge in [0.2, 0.25) is 5.91 Å². The van der Waals surface area contributed by atoms with E-state index in [0.29, 0.717) is 22.9 Å². The molecule has 0 aliphatic rings. The normalized spacial score (nSPS) is 10.3. The highest BCUT2D eigenvalue weighted by Gasteiger charge is 2.19. The molecule has 152 valence electrons. The van der Waals surface area contributed by atoms with E-state index in [4.69, 9.17) is 18.7 Å². The van der Waals surface area contributed by atoms with E-state index in [1.165, 1.54) is 26.2 Å². The minimum Gasteiger partial charge on any atom is -0.497 e. The van der Waals surface area contributed by atoms with Crippen LogP contribution in [0, 0.1) is 6.92 Å². The van der Waals surface area contributed by atoms with E-state index in [9.17, 15) is 9.59 Å². The second kappa shape index (κ2) is 10.2. The van der Waals surface area contributed by atoms with Crippen molar-refractivity contribution in [2.75, 3.05) is 51.7 Å². The molecule has 1 heterocycles.